The SMILES string of the molecule is C[C@H]1C=C(C(=O)[O-])N2C(=O)[C@H]([C@@]3(C)COC(=O)O3)[C@@H]12.[Na+]. The fourth-order valence-electron chi connectivity index (χ4n) is 3.15. The van der Waals surface area contributed by atoms with E-state index in [9.17, 15) is 19.5 Å². The molecule has 0 aromatic carbocycles. The monoisotopic (exact) mass is 289 g/mol. The zero-order valence-corrected chi connectivity index (χ0v) is 13.4. The van der Waals surface area contributed by atoms with E-state index >= 15 is 0 Å². The summed E-state index contributed by atoms with van der Waals surface area (Å²) in [4.78, 5) is 35.4. The first-order valence-electron chi connectivity index (χ1n) is 5.97. The van der Waals surface area contributed by atoms with Crippen LogP contribution in [0.4, 0.5) is 4.79 Å². The molecule has 2 saturated heterocycles. The Bertz CT molecular complexity index is 532. The van der Waals surface area contributed by atoms with E-state index < -0.39 is 23.6 Å². The second kappa shape index (κ2) is 4.75. The van der Waals surface area contributed by atoms with Crippen molar-refractivity contribution in [2.24, 2.45) is 11.8 Å². The molecule has 0 unspecified atom stereocenters. The minimum Gasteiger partial charge on any atom is -0.543 e. The molecule has 0 N–H and O–H groups in total. The maximum atomic E-state index is 12.1. The van der Waals surface area contributed by atoms with Gasteiger partial charge in [0, 0.05) is 0 Å². The summed E-state index contributed by atoms with van der Waals surface area (Å²) in [7, 11) is 0. The summed E-state index contributed by atoms with van der Waals surface area (Å²) in [6, 6.07) is -0.320. The number of rotatable bonds is 2. The van der Waals surface area contributed by atoms with E-state index in [2.05, 4.69) is 0 Å². The number of carbonyl (C=O) groups excluding carboxylic acids is 3. The van der Waals surface area contributed by atoms with Gasteiger partial charge < -0.3 is 24.3 Å². The molecule has 0 aromatic heterocycles. The van der Waals surface area contributed by atoms with E-state index in [0.717, 1.165) is 0 Å². The van der Waals surface area contributed by atoms with Gasteiger partial charge in [-0.25, -0.2) is 4.79 Å². The zero-order valence-electron chi connectivity index (χ0n) is 11.4. The predicted molar refractivity (Wildman–Crippen MR) is 57.2 cm³/mol. The number of hydrogen-bond acceptors (Lipinski definition) is 6. The van der Waals surface area contributed by atoms with Crippen LogP contribution in [0.25, 0.3) is 0 Å². The van der Waals surface area contributed by atoms with Crippen molar-refractivity contribution in [2.75, 3.05) is 6.61 Å². The van der Waals surface area contributed by atoms with Crippen LogP contribution in [-0.4, -0.2) is 41.2 Å². The molecule has 0 saturated carbocycles. The number of carboxylic acid groups (broad SMARTS) is 1. The smallest absolute Gasteiger partial charge is 0.543 e. The number of cyclic esters (lactones) is 2. The summed E-state index contributed by atoms with van der Waals surface area (Å²) in [6.45, 7) is 3.44. The number of aliphatic carboxylic acids is 1. The van der Waals surface area contributed by atoms with E-state index in [4.69, 9.17) is 9.47 Å². The molecule has 0 radical (unpaired) electrons. The first kappa shape index (κ1) is 15.3. The number of hydrogen-bond donors (Lipinski definition) is 0. The van der Waals surface area contributed by atoms with E-state index in [1.165, 1.54) is 11.0 Å². The Morgan fingerprint density at radius 1 is 1.50 bits per heavy atom. The molecule has 102 valence electrons. The summed E-state index contributed by atoms with van der Waals surface area (Å²) in [6.07, 6.45) is 0.700. The molecule has 2 fully saturated rings. The summed E-state index contributed by atoms with van der Waals surface area (Å²) < 4.78 is 9.83. The summed E-state index contributed by atoms with van der Waals surface area (Å²) in [5, 5.41) is 11.0. The minimum absolute atomic E-state index is 0. The molecule has 0 bridgehead atoms. The molecule has 1 amide bonds. The number of nitrogens with zero attached hydrogens (tertiary/aromatic N) is 1. The van der Waals surface area contributed by atoms with Crippen LogP contribution < -0.4 is 34.7 Å². The topological polar surface area (TPSA) is 96.0 Å². The fourth-order valence-corrected chi connectivity index (χ4v) is 3.15. The van der Waals surface area contributed by atoms with Crippen molar-refractivity contribution in [3.05, 3.63) is 11.8 Å². The molecule has 0 aliphatic carbocycles. The predicted octanol–water partition coefficient (Wildman–Crippen LogP) is -3.97. The van der Waals surface area contributed by atoms with Crippen molar-refractivity contribution >= 4 is 18.0 Å². The van der Waals surface area contributed by atoms with Crippen LogP contribution in [0.3, 0.4) is 0 Å². The maximum Gasteiger partial charge on any atom is 1.00 e. The van der Waals surface area contributed by atoms with Gasteiger partial charge in [0.15, 0.2) is 5.60 Å². The number of fused-ring (bicyclic) bond motifs is 1. The van der Waals surface area contributed by atoms with Gasteiger partial charge >= 0.3 is 35.7 Å². The third-order valence-electron chi connectivity index (χ3n) is 4.02. The molecule has 0 aromatic rings. The second-order valence-corrected chi connectivity index (χ2v) is 5.33. The summed E-state index contributed by atoms with van der Waals surface area (Å²) >= 11 is 0. The van der Waals surface area contributed by atoms with Crippen LogP contribution in [-0.2, 0) is 19.1 Å². The van der Waals surface area contributed by atoms with Gasteiger partial charge in [0.05, 0.1) is 17.7 Å². The molecule has 3 aliphatic rings. The second-order valence-electron chi connectivity index (χ2n) is 5.33. The van der Waals surface area contributed by atoms with Gasteiger partial charge in [-0.2, -0.15) is 0 Å². The number of amides is 1. The Balaban J connectivity index is 0.00000147. The Labute approximate surface area is 137 Å². The quantitative estimate of drug-likeness (QED) is 0.292. The summed E-state index contributed by atoms with van der Waals surface area (Å²) in [5.74, 6) is -2.45. The maximum absolute atomic E-state index is 12.1. The number of carboxylic acids is 1. The van der Waals surface area contributed by atoms with E-state index in [1.807, 2.05) is 6.92 Å². The molecule has 3 rings (SSSR count). The van der Waals surface area contributed by atoms with Gasteiger partial charge in [0.1, 0.15) is 12.5 Å². The van der Waals surface area contributed by atoms with Crippen molar-refractivity contribution in [3.63, 3.8) is 0 Å². The first-order valence-corrected chi connectivity index (χ1v) is 5.97. The van der Waals surface area contributed by atoms with Gasteiger partial charge in [-0.15, -0.1) is 0 Å². The van der Waals surface area contributed by atoms with Gasteiger partial charge in [0.25, 0.3) is 0 Å². The van der Waals surface area contributed by atoms with Crippen molar-refractivity contribution in [1.82, 2.24) is 4.90 Å². The van der Waals surface area contributed by atoms with Gasteiger partial charge in [-0.3, -0.25) is 4.79 Å². The third-order valence-corrected chi connectivity index (χ3v) is 4.02. The van der Waals surface area contributed by atoms with E-state index in [1.54, 1.807) is 6.92 Å². The summed E-state index contributed by atoms with van der Waals surface area (Å²) in [5.41, 5.74) is -1.13. The Kier molecular flexibility index (Phi) is 3.64. The molecule has 4 atom stereocenters. The first-order chi connectivity index (χ1) is 8.85. The third kappa shape index (κ3) is 1.88. The standard InChI is InChI=1S/C12H13NO6.Na/c1-5-3-6(10(15)16)13-8(5)7(9(13)14)12(2)4-18-11(17)19-12;/h3,5,7-8H,4H2,1-2H3,(H,15,16);/q;+1/p-1/t5-,7+,8+,12+;/m0./s1. The molecule has 20 heavy (non-hydrogen) atoms. The van der Waals surface area contributed by atoms with Crippen LogP contribution in [0.5, 0.6) is 0 Å². The average molecular weight is 289 g/mol. The molecular weight excluding hydrogens is 277 g/mol. The van der Waals surface area contributed by atoms with Gasteiger partial charge in [-0.1, -0.05) is 13.0 Å². The molecule has 0 spiro atoms. The van der Waals surface area contributed by atoms with Crippen LogP contribution >= 0.6 is 0 Å². The van der Waals surface area contributed by atoms with Crippen molar-refractivity contribution in [2.45, 2.75) is 25.5 Å². The number of ether oxygens (including phenoxy) is 2. The molecule has 8 heteroatoms. The zero-order chi connectivity index (χ0) is 13.9. The normalized spacial score (nSPS) is 38.2. The molecule has 3 heterocycles. The minimum atomic E-state index is -1.37. The Morgan fingerprint density at radius 2 is 2.15 bits per heavy atom. The largest absolute Gasteiger partial charge is 1.00 e. The molecule has 3 aliphatic heterocycles. The molecular formula is C12H12NNaO6. The van der Waals surface area contributed by atoms with Crippen molar-refractivity contribution in [3.8, 4) is 0 Å². The van der Waals surface area contributed by atoms with Crippen LogP contribution in [0.1, 0.15) is 13.8 Å². The van der Waals surface area contributed by atoms with E-state index in [0.29, 0.717) is 0 Å². The van der Waals surface area contributed by atoms with Gasteiger partial charge in [-0.05, 0) is 12.8 Å². The van der Waals surface area contributed by atoms with Crippen LogP contribution in [0.2, 0.25) is 0 Å². The number of β-lactam (4-membered cyclic amide) rings is 1. The fraction of sp³-hybridized carbons (Fsp3) is 0.583. The van der Waals surface area contributed by atoms with Crippen molar-refractivity contribution < 1.29 is 58.5 Å². The van der Waals surface area contributed by atoms with Crippen LogP contribution in [0, 0.1) is 11.8 Å². The number of carbonyl (C=O) groups is 3. The van der Waals surface area contributed by atoms with E-state index in [-0.39, 0.29) is 59.7 Å². The van der Waals surface area contributed by atoms with Crippen LogP contribution in [0.15, 0.2) is 11.8 Å². The Hall–Kier alpha value is -1.05. The van der Waals surface area contributed by atoms with Crippen molar-refractivity contribution in [1.29, 1.82) is 0 Å². The van der Waals surface area contributed by atoms with Gasteiger partial charge in [0.2, 0.25) is 5.91 Å². The average Bonchev–Trinajstić information content (AvgIpc) is 2.78. The Morgan fingerprint density at radius 3 is 2.65 bits per heavy atom. The molecule has 7 nitrogen and oxygen atoms in total.